The van der Waals surface area contributed by atoms with Gasteiger partial charge in [-0.15, -0.1) is 0 Å². The molecule has 1 aliphatic heterocycles. The van der Waals surface area contributed by atoms with E-state index in [0.717, 1.165) is 66.4 Å². The highest BCUT2D eigenvalue weighted by Crippen LogP contribution is 2.28. The van der Waals surface area contributed by atoms with Crippen molar-refractivity contribution in [3.63, 3.8) is 0 Å². The summed E-state index contributed by atoms with van der Waals surface area (Å²) in [5.74, 6) is 1.54. The molecule has 3 heterocycles. The number of H-pyrrole nitrogens is 1. The number of aromatic amines is 1. The second-order valence-electron chi connectivity index (χ2n) is 8.05. The van der Waals surface area contributed by atoms with E-state index in [1.54, 1.807) is 0 Å². The van der Waals surface area contributed by atoms with Crippen LogP contribution in [0.25, 0.3) is 11.0 Å². The summed E-state index contributed by atoms with van der Waals surface area (Å²) in [7, 11) is 0. The van der Waals surface area contributed by atoms with Crippen LogP contribution in [0.5, 0.6) is 0 Å². The second kappa shape index (κ2) is 7.99. The van der Waals surface area contributed by atoms with Crippen molar-refractivity contribution >= 4 is 22.6 Å². The lowest BCUT2D eigenvalue weighted by atomic mass is 9.96. The van der Waals surface area contributed by atoms with Crippen LogP contribution < -0.4 is 5.32 Å². The number of anilines is 1. The van der Waals surface area contributed by atoms with Crippen LogP contribution in [-0.4, -0.2) is 50.2 Å². The summed E-state index contributed by atoms with van der Waals surface area (Å²) < 4.78 is 1.92. The number of aromatic nitrogens is 4. The number of carbonyl (C=O) groups excluding carboxylic acids is 1. The molecule has 0 unspecified atom stereocenters. The van der Waals surface area contributed by atoms with Gasteiger partial charge in [-0.2, -0.15) is 5.10 Å². The van der Waals surface area contributed by atoms with Crippen molar-refractivity contribution in [3.8, 4) is 0 Å². The molecule has 0 radical (unpaired) electrons. The molecule has 29 heavy (non-hydrogen) atoms. The molecule has 2 N–H and O–H groups in total. The number of amides is 1. The minimum atomic E-state index is 0.0321. The molecule has 1 aromatic carbocycles. The van der Waals surface area contributed by atoms with Crippen LogP contribution in [0.1, 0.15) is 48.5 Å². The first-order valence-corrected chi connectivity index (χ1v) is 10.5. The Morgan fingerprint density at radius 2 is 2.00 bits per heavy atom. The fraction of sp³-hybridized carbons (Fsp3) is 0.500. The van der Waals surface area contributed by atoms with Crippen LogP contribution in [0.2, 0.25) is 0 Å². The zero-order valence-corrected chi connectivity index (χ0v) is 17.7. The van der Waals surface area contributed by atoms with Gasteiger partial charge in [0.25, 0.3) is 0 Å². The van der Waals surface area contributed by atoms with Gasteiger partial charge in [-0.3, -0.25) is 14.4 Å². The molecule has 154 valence electrons. The van der Waals surface area contributed by atoms with Crippen LogP contribution in [0, 0.1) is 20.8 Å². The van der Waals surface area contributed by atoms with Gasteiger partial charge >= 0.3 is 0 Å². The number of piperidine rings is 1. The first-order chi connectivity index (χ1) is 14.0. The highest BCUT2D eigenvalue weighted by Gasteiger charge is 2.25. The van der Waals surface area contributed by atoms with E-state index in [9.17, 15) is 4.79 Å². The summed E-state index contributed by atoms with van der Waals surface area (Å²) in [5, 5.41) is 7.54. The highest BCUT2D eigenvalue weighted by molar-refractivity contribution is 5.93. The maximum Gasteiger partial charge on any atom is 0.238 e. The number of aryl methyl sites for hydroxylation is 3. The number of imidazole rings is 1. The molecule has 1 saturated heterocycles. The SMILES string of the molecule is CCn1nc(C)c(NC(=O)CN2CCC(c3nc4c(C)cccc4[nH]3)CC2)c1C. The Morgan fingerprint density at radius 1 is 1.24 bits per heavy atom. The van der Waals surface area contributed by atoms with Crippen molar-refractivity contribution in [2.45, 2.75) is 53.0 Å². The fourth-order valence-electron chi connectivity index (χ4n) is 4.32. The summed E-state index contributed by atoms with van der Waals surface area (Å²) in [4.78, 5) is 23.2. The summed E-state index contributed by atoms with van der Waals surface area (Å²) in [5.41, 5.74) is 6.12. The molecule has 2 aromatic heterocycles. The van der Waals surface area contributed by atoms with E-state index < -0.39 is 0 Å². The van der Waals surface area contributed by atoms with Crippen LogP contribution in [-0.2, 0) is 11.3 Å². The maximum atomic E-state index is 12.6. The van der Waals surface area contributed by atoms with Gasteiger partial charge in [-0.25, -0.2) is 4.98 Å². The third-order valence-corrected chi connectivity index (χ3v) is 6.02. The summed E-state index contributed by atoms with van der Waals surface area (Å²) in [6.07, 6.45) is 2.02. The van der Waals surface area contributed by atoms with Crippen molar-refractivity contribution in [2.75, 3.05) is 25.0 Å². The monoisotopic (exact) mass is 394 g/mol. The molecule has 0 aliphatic carbocycles. The Balaban J connectivity index is 1.34. The third-order valence-electron chi connectivity index (χ3n) is 6.02. The van der Waals surface area contributed by atoms with Crippen molar-refractivity contribution in [1.82, 2.24) is 24.6 Å². The van der Waals surface area contributed by atoms with Gasteiger partial charge in [-0.1, -0.05) is 12.1 Å². The minimum Gasteiger partial charge on any atom is -0.342 e. The molecule has 4 rings (SSSR count). The summed E-state index contributed by atoms with van der Waals surface area (Å²) in [6.45, 7) is 11.1. The zero-order valence-electron chi connectivity index (χ0n) is 17.7. The Kier molecular flexibility index (Phi) is 5.41. The van der Waals surface area contributed by atoms with E-state index in [1.807, 2.05) is 18.5 Å². The van der Waals surface area contributed by atoms with Crippen molar-refractivity contribution in [1.29, 1.82) is 0 Å². The standard InChI is InChI=1S/C22H30N6O/c1-5-28-16(4)21(15(3)26-28)24-19(29)13-27-11-9-17(10-12-27)22-23-18-8-6-7-14(2)20(18)25-22/h6-8,17H,5,9-13H2,1-4H3,(H,23,25)(H,24,29). The van der Waals surface area contributed by atoms with E-state index in [0.29, 0.717) is 12.5 Å². The number of nitrogens with zero attached hydrogens (tertiary/aromatic N) is 4. The molecule has 0 bridgehead atoms. The second-order valence-corrected chi connectivity index (χ2v) is 8.05. The Labute approximate surface area is 171 Å². The van der Waals surface area contributed by atoms with Crippen LogP contribution >= 0.6 is 0 Å². The number of carbonyl (C=O) groups is 1. The van der Waals surface area contributed by atoms with Crippen LogP contribution in [0.3, 0.4) is 0 Å². The predicted octanol–water partition coefficient (Wildman–Crippen LogP) is 3.52. The molecule has 0 atom stereocenters. The van der Waals surface area contributed by atoms with E-state index in [-0.39, 0.29) is 5.91 Å². The highest BCUT2D eigenvalue weighted by atomic mass is 16.2. The van der Waals surface area contributed by atoms with Crippen molar-refractivity contribution in [3.05, 3.63) is 41.0 Å². The number of benzene rings is 1. The van der Waals surface area contributed by atoms with E-state index in [2.05, 4.69) is 52.3 Å². The van der Waals surface area contributed by atoms with Crippen LogP contribution in [0.4, 0.5) is 5.69 Å². The number of hydrogen-bond donors (Lipinski definition) is 2. The number of fused-ring (bicyclic) bond motifs is 1. The number of para-hydroxylation sites is 1. The molecular weight excluding hydrogens is 364 g/mol. The van der Waals surface area contributed by atoms with Gasteiger partial charge in [0.1, 0.15) is 5.82 Å². The fourth-order valence-corrected chi connectivity index (χ4v) is 4.32. The normalized spacial score (nSPS) is 15.9. The zero-order chi connectivity index (χ0) is 20.5. The Bertz CT molecular complexity index is 1030. The van der Waals surface area contributed by atoms with E-state index >= 15 is 0 Å². The van der Waals surface area contributed by atoms with E-state index in [4.69, 9.17) is 4.98 Å². The van der Waals surface area contributed by atoms with Gasteiger partial charge in [-0.05, 0) is 65.3 Å². The summed E-state index contributed by atoms with van der Waals surface area (Å²) >= 11 is 0. The number of nitrogens with one attached hydrogen (secondary N) is 2. The molecule has 1 aliphatic rings. The largest absolute Gasteiger partial charge is 0.342 e. The predicted molar refractivity (Wildman–Crippen MR) is 115 cm³/mol. The molecule has 0 saturated carbocycles. The Morgan fingerprint density at radius 3 is 2.66 bits per heavy atom. The van der Waals surface area contributed by atoms with Gasteiger partial charge in [0.05, 0.1) is 34.7 Å². The van der Waals surface area contributed by atoms with Crippen LogP contribution in [0.15, 0.2) is 18.2 Å². The smallest absolute Gasteiger partial charge is 0.238 e. The topological polar surface area (TPSA) is 78.8 Å². The molecular formula is C22H30N6O. The maximum absolute atomic E-state index is 12.6. The molecule has 7 heteroatoms. The number of rotatable bonds is 5. The molecule has 1 amide bonds. The van der Waals surface area contributed by atoms with Gasteiger partial charge in [0.15, 0.2) is 0 Å². The number of hydrogen-bond acceptors (Lipinski definition) is 4. The molecule has 0 spiro atoms. The van der Waals surface area contributed by atoms with Gasteiger partial charge in [0, 0.05) is 12.5 Å². The minimum absolute atomic E-state index is 0.0321. The molecule has 3 aromatic rings. The van der Waals surface area contributed by atoms with Crippen molar-refractivity contribution < 1.29 is 4.79 Å². The van der Waals surface area contributed by atoms with Crippen molar-refractivity contribution in [2.24, 2.45) is 0 Å². The quantitative estimate of drug-likeness (QED) is 0.694. The average Bonchev–Trinajstić information content (AvgIpc) is 3.26. The third kappa shape index (κ3) is 3.92. The lowest BCUT2D eigenvalue weighted by Crippen LogP contribution is -2.39. The summed E-state index contributed by atoms with van der Waals surface area (Å²) in [6, 6.07) is 6.25. The lowest BCUT2D eigenvalue weighted by molar-refractivity contribution is -0.117. The Hall–Kier alpha value is -2.67. The molecule has 7 nitrogen and oxygen atoms in total. The molecule has 1 fully saturated rings. The van der Waals surface area contributed by atoms with E-state index in [1.165, 1.54) is 5.56 Å². The van der Waals surface area contributed by atoms with Gasteiger partial charge < -0.3 is 10.3 Å². The number of likely N-dealkylation sites (tertiary alicyclic amines) is 1. The lowest BCUT2D eigenvalue weighted by Gasteiger charge is -2.30. The average molecular weight is 395 g/mol. The first kappa shape index (κ1) is 19.6. The first-order valence-electron chi connectivity index (χ1n) is 10.5. The van der Waals surface area contributed by atoms with Gasteiger partial charge in [0.2, 0.25) is 5.91 Å².